The molecule has 15 heteroatoms. The molecule has 12 nitrogen and oxygen atoms in total. The van der Waals surface area contributed by atoms with Crippen molar-refractivity contribution >= 4 is 59.4 Å². The minimum Gasteiger partial charge on any atom is -0.492 e. The summed E-state index contributed by atoms with van der Waals surface area (Å²) in [4.78, 5) is 51.8. The Kier molecular flexibility index (Phi) is 21.1. The van der Waals surface area contributed by atoms with Crippen LogP contribution in [0.3, 0.4) is 0 Å². The van der Waals surface area contributed by atoms with Gasteiger partial charge in [-0.3, -0.25) is 0 Å². The number of rotatable bonds is 26. The molecule has 2 amide bonds. The summed E-state index contributed by atoms with van der Waals surface area (Å²) in [7, 11) is 0. The highest BCUT2D eigenvalue weighted by Gasteiger charge is 2.19. The first-order valence-corrected chi connectivity index (χ1v) is 24.5. The van der Waals surface area contributed by atoms with Crippen molar-refractivity contribution in [2.75, 3.05) is 52.7 Å². The molecule has 2 unspecified atom stereocenters. The van der Waals surface area contributed by atoms with Gasteiger partial charge in [0, 0.05) is 42.9 Å². The molecule has 0 aliphatic carbocycles. The van der Waals surface area contributed by atoms with Gasteiger partial charge in [-0.2, -0.15) is 0 Å². The number of hydrogen-bond acceptors (Lipinski definition) is 13. The average Bonchev–Trinajstić information content (AvgIpc) is 3.39. The third-order valence-corrected chi connectivity index (χ3v) is 13.0. The lowest BCUT2D eigenvalue weighted by atomic mass is 10.1. The Hall–Kier alpha value is -7.07. The summed E-state index contributed by atoms with van der Waals surface area (Å²) in [6.45, 7) is 7.51. The summed E-state index contributed by atoms with van der Waals surface area (Å²) >= 11 is 4.68. The number of esters is 2. The van der Waals surface area contributed by atoms with Gasteiger partial charge in [-0.05, 0) is 71.8 Å². The van der Waals surface area contributed by atoms with Crippen LogP contribution in [0.15, 0.2) is 203 Å². The monoisotopic (exact) mass is 984 g/mol. The molecule has 0 spiro atoms. The predicted molar refractivity (Wildman–Crippen MR) is 272 cm³/mol. The van der Waals surface area contributed by atoms with Gasteiger partial charge < -0.3 is 39.1 Å². The Morgan fingerprint density at radius 2 is 0.812 bits per heavy atom. The van der Waals surface area contributed by atoms with E-state index in [1.807, 2.05) is 158 Å². The van der Waals surface area contributed by atoms with Crippen molar-refractivity contribution in [3.05, 3.63) is 183 Å². The number of carbonyl (C=O) groups excluding carboxylic acids is 4. The summed E-state index contributed by atoms with van der Waals surface area (Å²) in [5, 5.41) is 4.66. The van der Waals surface area contributed by atoms with Crippen LogP contribution in [0.2, 0.25) is 0 Å². The van der Waals surface area contributed by atoms with Crippen LogP contribution in [-0.2, 0) is 28.5 Å². The van der Waals surface area contributed by atoms with Crippen LogP contribution in [-0.4, -0.2) is 87.4 Å². The summed E-state index contributed by atoms with van der Waals surface area (Å²) in [6, 6.07) is 51.9. The van der Waals surface area contributed by atoms with Crippen LogP contribution in [0, 0.1) is 0 Å². The summed E-state index contributed by atoms with van der Waals surface area (Å²) in [5.74, 6) is 0.282. The second-order valence-electron chi connectivity index (χ2n) is 14.7. The molecule has 0 aromatic heterocycles. The van der Waals surface area contributed by atoms with Crippen LogP contribution >= 0.6 is 35.3 Å². The highest BCUT2D eigenvalue weighted by Crippen LogP contribution is 2.35. The summed E-state index contributed by atoms with van der Waals surface area (Å²) in [5.41, 5.74) is 3.96. The zero-order valence-corrected chi connectivity index (χ0v) is 40.1. The van der Waals surface area contributed by atoms with E-state index in [0.717, 1.165) is 54.0 Å². The van der Waals surface area contributed by atoms with Gasteiger partial charge in [0.1, 0.15) is 51.1 Å². The van der Waals surface area contributed by atoms with Gasteiger partial charge >= 0.3 is 24.1 Å². The standard InChI is InChI=1S/C54H52N2O10S3/c1-3-51(57)61-33-31-55-53(59)65-37-45(35-63-49-21-13-11-19-47(49)39-15-7-5-8-16-39)68-43-27-23-41(24-28-43)67-42-25-29-44(30-26-42)69-46(38-66-54(60)56-32-34-62-52(58)4-2)36-64-50-22-14-12-20-48(50)40-17-9-6-10-18-40/h3-30,45-46H,1-2,31-38H2,(H,55,59)(H,56,60). The van der Waals surface area contributed by atoms with Crippen LogP contribution in [0.25, 0.3) is 22.3 Å². The topological polar surface area (TPSA) is 148 Å². The maximum atomic E-state index is 12.6. The maximum absolute atomic E-state index is 12.6. The van der Waals surface area contributed by atoms with E-state index in [-0.39, 0.29) is 63.2 Å². The number of ether oxygens (including phenoxy) is 6. The number of carbonyl (C=O) groups is 4. The third-order valence-electron chi connectivity index (χ3n) is 9.65. The number of para-hydroxylation sites is 2. The molecule has 0 aliphatic rings. The quantitative estimate of drug-likeness (QED) is 0.0175. The molecule has 0 heterocycles. The Morgan fingerprint density at radius 1 is 0.449 bits per heavy atom. The van der Waals surface area contributed by atoms with Crippen molar-refractivity contribution in [2.45, 2.75) is 30.1 Å². The Balaban J connectivity index is 1.07. The smallest absolute Gasteiger partial charge is 0.407 e. The maximum Gasteiger partial charge on any atom is 0.407 e. The van der Waals surface area contributed by atoms with Gasteiger partial charge in [0.05, 0.1) is 23.6 Å². The van der Waals surface area contributed by atoms with Crippen molar-refractivity contribution in [3.63, 3.8) is 0 Å². The number of alkyl carbamates (subject to hydrolysis) is 2. The molecule has 2 N–H and O–H groups in total. The van der Waals surface area contributed by atoms with E-state index in [2.05, 4.69) is 23.8 Å². The van der Waals surface area contributed by atoms with Crippen molar-refractivity contribution in [1.82, 2.24) is 10.6 Å². The highest BCUT2D eigenvalue weighted by molar-refractivity contribution is 8.00. The lowest BCUT2D eigenvalue weighted by molar-refractivity contribution is -0.138. The van der Waals surface area contributed by atoms with E-state index in [1.54, 1.807) is 11.8 Å². The van der Waals surface area contributed by atoms with E-state index >= 15 is 0 Å². The molecule has 6 aromatic rings. The summed E-state index contributed by atoms with van der Waals surface area (Å²) < 4.78 is 33.8. The molecule has 6 rings (SSSR count). The zero-order valence-electron chi connectivity index (χ0n) is 37.7. The number of amides is 2. The second-order valence-corrected chi connectivity index (χ2v) is 18.6. The summed E-state index contributed by atoms with van der Waals surface area (Å²) in [6.07, 6.45) is 0.846. The van der Waals surface area contributed by atoms with Gasteiger partial charge in [0.2, 0.25) is 0 Å². The molecule has 0 radical (unpaired) electrons. The molecule has 0 bridgehead atoms. The molecular formula is C54H52N2O10S3. The Labute approximate surface area is 415 Å². The van der Waals surface area contributed by atoms with Crippen LogP contribution in [0.1, 0.15) is 0 Å². The van der Waals surface area contributed by atoms with Gasteiger partial charge in [-0.15, -0.1) is 23.5 Å². The zero-order chi connectivity index (χ0) is 48.5. The fourth-order valence-corrected chi connectivity index (χ4v) is 9.07. The van der Waals surface area contributed by atoms with E-state index in [1.165, 1.54) is 23.5 Å². The molecule has 0 fully saturated rings. The molecule has 2 atom stereocenters. The molecule has 356 valence electrons. The third kappa shape index (κ3) is 17.8. The molecule has 69 heavy (non-hydrogen) atoms. The highest BCUT2D eigenvalue weighted by atomic mass is 32.2. The van der Waals surface area contributed by atoms with Crippen LogP contribution in [0.5, 0.6) is 11.5 Å². The van der Waals surface area contributed by atoms with E-state index in [4.69, 9.17) is 28.4 Å². The lowest BCUT2D eigenvalue weighted by Gasteiger charge is -2.19. The first-order valence-electron chi connectivity index (χ1n) is 21.9. The molecule has 0 saturated heterocycles. The first kappa shape index (κ1) is 51.3. The average molecular weight is 985 g/mol. The minimum absolute atomic E-state index is 0.00934. The van der Waals surface area contributed by atoms with E-state index < -0.39 is 24.1 Å². The van der Waals surface area contributed by atoms with Gasteiger partial charge in [-0.1, -0.05) is 122 Å². The molecule has 0 aliphatic heterocycles. The largest absolute Gasteiger partial charge is 0.492 e. The van der Waals surface area contributed by atoms with Crippen LogP contribution in [0.4, 0.5) is 9.59 Å². The second kappa shape index (κ2) is 28.3. The molecule has 0 saturated carbocycles. The fourth-order valence-electron chi connectivity index (χ4n) is 6.36. The van der Waals surface area contributed by atoms with Gasteiger partial charge in [0.25, 0.3) is 0 Å². The van der Waals surface area contributed by atoms with Crippen LogP contribution < -0.4 is 20.1 Å². The number of hydrogen-bond donors (Lipinski definition) is 2. The van der Waals surface area contributed by atoms with Crippen molar-refractivity contribution < 1.29 is 47.6 Å². The van der Waals surface area contributed by atoms with E-state index in [0.29, 0.717) is 11.5 Å². The predicted octanol–water partition coefficient (Wildman–Crippen LogP) is 11.2. The first-order chi connectivity index (χ1) is 33.8. The molecular weight excluding hydrogens is 933 g/mol. The Morgan fingerprint density at radius 3 is 1.20 bits per heavy atom. The SMILES string of the molecule is C=CC(=O)OCCNC(=O)OCC(COc1ccccc1-c1ccccc1)Sc1ccc(Sc2ccc(SC(COC(=O)NCCOC(=O)C=C)COc3ccccc3-c3ccccc3)cc2)cc1. The lowest BCUT2D eigenvalue weighted by Crippen LogP contribution is -2.31. The van der Waals surface area contributed by atoms with Crippen molar-refractivity contribution in [1.29, 1.82) is 0 Å². The van der Waals surface area contributed by atoms with Crippen molar-refractivity contribution in [2.24, 2.45) is 0 Å². The number of benzene rings is 6. The Bertz CT molecular complexity index is 2400. The molecule has 6 aromatic carbocycles. The van der Waals surface area contributed by atoms with Crippen molar-refractivity contribution in [3.8, 4) is 33.8 Å². The van der Waals surface area contributed by atoms with Gasteiger partial charge in [-0.25, -0.2) is 19.2 Å². The normalized spacial score (nSPS) is 11.5. The van der Waals surface area contributed by atoms with Gasteiger partial charge in [0.15, 0.2) is 0 Å². The number of nitrogens with one attached hydrogen (secondary N) is 2. The number of thioether (sulfide) groups is 2. The minimum atomic E-state index is -0.636. The fraction of sp³-hybridized carbons (Fsp3) is 0.185. The van der Waals surface area contributed by atoms with E-state index in [9.17, 15) is 19.2 Å².